The summed E-state index contributed by atoms with van der Waals surface area (Å²) in [6.07, 6.45) is 1.71. The maximum Gasteiger partial charge on any atom is 0.289 e. The van der Waals surface area contributed by atoms with E-state index in [4.69, 9.17) is 0 Å². The van der Waals surface area contributed by atoms with E-state index in [0.717, 1.165) is 0 Å². The van der Waals surface area contributed by atoms with Crippen molar-refractivity contribution in [3.63, 3.8) is 0 Å². The van der Waals surface area contributed by atoms with Crippen molar-refractivity contribution < 1.29 is 8.78 Å². The van der Waals surface area contributed by atoms with E-state index in [1.54, 1.807) is 19.1 Å². The van der Waals surface area contributed by atoms with E-state index < -0.39 is 5.92 Å². The van der Waals surface area contributed by atoms with E-state index in [1.165, 1.54) is 12.3 Å². The van der Waals surface area contributed by atoms with Gasteiger partial charge in [0.25, 0.3) is 5.92 Å². The fourth-order valence-corrected chi connectivity index (χ4v) is 1.02. The lowest BCUT2D eigenvalue weighted by atomic mass is 10.1. The Balaban J connectivity index is 2.82. The predicted molar refractivity (Wildman–Crippen MR) is 43.0 cm³/mol. The van der Waals surface area contributed by atoms with Crippen LogP contribution in [-0.4, -0.2) is 4.98 Å². The molecule has 0 N–H and O–H groups in total. The highest BCUT2D eigenvalue weighted by Crippen LogP contribution is 2.30. The molecule has 0 atom stereocenters. The van der Waals surface area contributed by atoms with E-state index >= 15 is 0 Å². The van der Waals surface area contributed by atoms with Gasteiger partial charge in [-0.25, -0.2) is 0 Å². The summed E-state index contributed by atoms with van der Waals surface area (Å²) in [5.41, 5.74) is -0.133. The first-order chi connectivity index (χ1) is 5.67. The standard InChI is InChI=1S/C9H11F2N/c1-2-6-9(10,11)8-5-3-4-7-12-8/h3-5,7H,2,6H2,1H3. The van der Waals surface area contributed by atoms with E-state index in [9.17, 15) is 8.78 Å². The second kappa shape index (κ2) is 3.61. The summed E-state index contributed by atoms with van der Waals surface area (Å²) in [7, 11) is 0. The molecular formula is C9H11F2N. The molecule has 1 aromatic rings. The van der Waals surface area contributed by atoms with Crippen LogP contribution in [0.25, 0.3) is 0 Å². The van der Waals surface area contributed by atoms with E-state index in [0.29, 0.717) is 6.42 Å². The van der Waals surface area contributed by atoms with Crippen LogP contribution in [0, 0.1) is 0 Å². The number of pyridine rings is 1. The minimum absolute atomic E-state index is 0.133. The Morgan fingerprint density at radius 3 is 2.67 bits per heavy atom. The monoisotopic (exact) mass is 171 g/mol. The van der Waals surface area contributed by atoms with Crippen LogP contribution in [0.1, 0.15) is 25.5 Å². The molecule has 0 fully saturated rings. The minimum Gasteiger partial charge on any atom is -0.255 e. The average Bonchev–Trinajstić information content (AvgIpc) is 2.06. The van der Waals surface area contributed by atoms with E-state index in [2.05, 4.69) is 4.98 Å². The average molecular weight is 171 g/mol. The topological polar surface area (TPSA) is 12.9 Å². The number of hydrogen-bond donors (Lipinski definition) is 0. The van der Waals surface area contributed by atoms with Gasteiger partial charge in [0.15, 0.2) is 0 Å². The fraction of sp³-hybridized carbons (Fsp3) is 0.444. The van der Waals surface area contributed by atoms with Crippen LogP contribution in [0.5, 0.6) is 0 Å². The molecule has 66 valence electrons. The Hall–Kier alpha value is -0.990. The molecule has 0 amide bonds. The van der Waals surface area contributed by atoms with Crippen LogP contribution in [0.2, 0.25) is 0 Å². The molecule has 0 saturated heterocycles. The Morgan fingerprint density at radius 1 is 1.42 bits per heavy atom. The summed E-state index contributed by atoms with van der Waals surface area (Å²) >= 11 is 0. The molecule has 0 unspecified atom stereocenters. The molecule has 12 heavy (non-hydrogen) atoms. The zero-order chi connectivity index (χ0) is 9.03. The van der Waals surface area contributed by atoms with Gasteiger partial charge < -0.3 is 0 Å². The Kier molecular flexibility index (Phi) is 2.74. The zero-order valence-corrected chi connectivity index (χ0v) is 6.93. The first kappa shape index (κ1) is 9.10. The van der Waals surface area contributed by atoms with Gasteiger partial charge in [0.2, 0.25) is 0 Å². The smallest absolute Gasteiger partial charge is 0.255 e. The van der Waals surface area contributed by atoms with Crippen LogP contribution >= 0.6 is 0 Å². The van der Waals surface area contributed by atoms with Gasteiger partial charge in [-0.2, -0.15) is 8.78 Å². The highest BCUT2D eigenvalue weighted by molar-refractivity contribution is 5.09. The highest BCUT2D eigenvalue weighted by Gasteiger charge is 2.31. The predicted octanol–water partition coefficient (Wildman–Crippen LogP) is 2.97. The molecule has 3 heteroatoms. The van der Waals surface area contributed by atoms with E-state index in [-0.39, 0.29) is 12.1 Å². The molecule has 1 aromatic heterocycles. The Morgan fingerprint density at radius 2 is 2.17 bits per heavy atom. The molecule has 0 aliphatic carbocycles. The second-order valence-corrected chi connectivity index (χ2v) is 2.67. The van der Waals surface area contributed by atoms with Crippen molar-refractivity contribution in [2.75, 3.05) is 0 Å². The molecule has 1 heterocycles. The second-order valence-electron chi connectivity index (χ2n) is 2.67. The van der Waals surface area contributed by atoms with Gasteiger partial charge >= 0.3 is 0 Å². The Labute approximate surface area is 70.4 Å². The van der Waals surface area contributed by atoms with Gasteiger partial charge in [0, 0.05) is 12.6 Å². The number of rotatable bonds is 3. The van der Waals surface area contributed by atoms with Crippen molar-refractivity contribution in [2.24, 2.45) is 0 Å². The number of hydrogen-bond acceptors (Lipinski definition) is 1. The summed E-state index contributed by atoms with van der Waals surface area (Å²) in [6.45, 7) is 1.73. The quantitative estimate of drug-likeness (QED) is 0.681. The summed E-state index contributed by atoms with van der Waals surface area (Å²) in [5.74, 6) is -2.77. The van der Waals surface area contributed by atoms with Crippen LogP contribution in [0.3, 0.4) is 0 Å². The SMILES string of the molecule is CCCC(F)(F)c1ccccn1. The summed E-state index contributed by atoms with van der Waals surface area (Å²) < 4.78 is 26.2. The molecule has 1 rings (SSSR count). The van der Waals surface area contributed by atoms with Gasteiger partial charge in [-0.05, 0) is 12.1 Å². The van der Waals surface area contributed by atoms with Gasteiger partial charge in [-0.15, -0.1) is 0 Å². The maximum atomic E-state index is 13.1. The lowest BCUT2D eigenvalue weighted by Gasteiger charge is -2.13. The van der Waals surface area contributed by atoms with Crippen molar-refractivity contribution in [2.45, 2.75) is 25.7 Å². The minimum atomic E-state index is -2.77. The van der Waals surface area contributed by atoms with Crippen LogP contribution < -0.4 is 0 Å². The summed E-state index contributed by atoms with van der Waals surface area (Å²) in [5, 5.41) is 0. The first-order valence-corrected chi connectivity index (χ1v) is 3.96. The molecule has 1 nitrogen and oxygen atoms in total. The van der Waals surface area contributed by atoms with Crippen molar-refractivity contribution in [3.8, 4) is 0 Å². The largest absolute Gasteiger partial charge is 0.289 e. The van der Waals surface area contributed by atoms with Gasteiger partial charge in [0.1, 0.15) is 5.69 Å². The van der Waals surface area contributed by atoms with Crippen LogP contribution in [0.15, 0.2) is 24.4 Å². The van der Waals surface area contributed by atoms with E-state index in [1.807, 2.05) is 0 Å². The molecular weight excluding hydrogens is 160 g/mol. The highest BCUT2D eigenvalue weighted by atomic mass is 19.3. The van der Waals surface area contributed by atoms with Gasteiger partial charge in [-0.1, -0.05) is 19.4 Å². The summed E-state index contributed by atoms with van der Waals surface area (Å²) in [4.78, 5) is 3.62. The van der Waals surface area contributed by atoms with Crippen molar-refractivity contribution in [3.05, 3.63) is 30.1 Å². The lowest BCUT2D eigenvalue weighted by molar-refractivity contribution is -0.0184. The third-order valence-electron chi connectivity index (χ3n) is 1.60. The molecule has 0 bridgehead atoms. The molecule has 0 radical (unpaired) electrons. The Bertz CT molecular complexity index is 234. The first-order valence-electron chi connectivity index (χ1n) is 3.96. The fourth-order valence-electron chi connectivity index (χ4n) is 1.02. The number of aromatic nitrogens is 1. The number of halogens is 2. The molecule has 0 aliphatic heterocycles. The molecule has 0 saturated carbocycles. The third-order valence-corrected chi connectivity index (χ3v) is 1.60. The van der Waals surface area contributed by atoms with Crippen LogP contribution in [-0.2, 0) is 5.92 Å². The van der Waals surface area contributed by atoms with Crippen LogP contribution in [0.4, 0.5) is 8.78 Å². The van der Waals surface area contributed by atoms with Gasteiger partial charge in [-0.3, -0.25) is 4.98 Å². The lowest BCUT2D eigenvalue weighted by Crippen LogP contribution is -2.14. The maximum absolute atomic E-state index is 13.1. The summed E-state index contributed by atoms with van der Waals surface area (Å²) in [6, 6.07) is 4.56. The normalized spacial score (nSPS) is 11.6. The van der Waals surface area contributed by atoms with Gasteiger partial charge in [0.05, 0.1) is 0 Å². The van der Waals surface area contributed by atoms with Crippen molar-refractivity contribution in [1.82, 2.24) is 4.98 Å². The zero-order valence-electron chi connectivity index (χ0n) is 6.93. The molecule has 0 aromatic carbocycles. The number of nitrogens with zero attached hydrogens (tertiary/aromatic N) is 1. The number of alkyl halides is 2. The molecule has 0 spiro atoms. The third kappa shape index (κ3) is 2.00. The van der Waals surface area contributed by atoms with Crippen molar-refractivity contribution in [1.29, 1.82) is 0 Å². The van der Waals surface area contributed by atoms with Crippen molar-refractivity contribution >= 4 is 0 Å². The molecule has 0 aliphatic rings.